The summed E-state index contributed by atoms with van der Waals surface area (Å²) in [4.78, 5) is 10.6. The third-order valence-electron chi connectivity index (χ3n) is 5.58. The molecule has 0 amide bonds. The maximum absolute atomic E-state index is 10.6. The summed E-state index contributed by atoms with van der Waals surface area (Å²) in [7, 11) is 0. The van der Waals surface area contributed by atoms with Gasteiger partial charge in [-0.3, -0.25) is 4.79 Å². The van der Waals surface area contributed by atoms with Gasteiger partial charge in [-0.15, -0.1) is 0 Å². The van der Waals surface area contributed by atoms with E-state index in [1.165, 1.54) is 38.5 Å². The van der Waals surface area contributed by atoms with Crippen molar-refractivity contribution in [2.45, 2.75) is 65.2 Å². The topological polar surface area (TPSA) is 37.3 Å². The smallest absolute Gasteiger partial charge is 0.303 e. The van der Waals surface area contributed by atoms with E-state index in [0.29, 0.717) is 17.8 Å². The molecule has 17 heavy (non-hydrogen) atoms. The molecule has 2 unspecified atom stereocenters. The van der Waals surface area contributed by atoms with E-state index in [1.54, 1.807) is 0 Å². The lowest BCUT2D eigenvalue weighted by Crippen LogP contribution is -2.32. The average Bonchev–Trinajstić information content (AvgIpc) is 2.66. The average molecular weight is 238 g/mol. The van der Waals surface area contributed by atoms with Crippen molar-refractivity contribution in [3.8, 4) is 0 Å². The van der Waals surface area contributed by atoms with E-state index in [9.17, 15) is 4.79 Å². The molecule has 98 valence electrons. The molecule has 2 rings (SSSR count). The Morgan fingerprint density at radius 3 is 2.88 bits per heavy atom. The number of hydrogen-bond acceptors (Lipinski definition) is 1. The summed E-state index contributed by atoms with van der Waals surface area (Å²) >= 11 is 0. The van der Waals surface area contributed by atoms with Gasteiger partial charge in [0.05, 0.1) is 0 Å². The molecule has 4 atom stereocenters. The van der Waals surface area contributed by atoms with Crippen molar-refractivity contribution in [2.75, 3.05) is 0 Å². The summed E-state index contributed by atoms with van der Waals surface area (Å²) in [5.74, 6) is 1.66. The van der Waals surface area contributed by atoms with Crippen LogP contribution in [0.3, 0.4) is 0 Å². The summed E-state index contributed by atoms with van der Waals surface area (Å²) in [5, 5.41) is 8.75. The zero-order chi connectivity index (χ0) is 12.5. The third kappa shape index (κ3) is 2.83. The lowest BCUT2D eigenvalue weighted by Gasteiger charge is -2.42. The van der Waals surface area contributed by atoms with Crippen LogP contribution in [0.4, 0.5) is 0 Å². The van der Waals surface area contributed by atoms with Gasteiger partial charge in [0.25, 0.3) is 0 Å². The van der Waals surface area contributed by atoms with Gasteiger partial charge < -0.3 is 5.11 Å². The minimum absolute atomic E-state index is 0.347. The van der Waals surface area contributed by atoms with E-state index in [4.69, 9.17) is 5.11 Å². The van der Waals surface area contributed by atoms with E-state index >= 15 is 0 Å². The number of carboxylic acids is 1. The van der Waals surface area contributed by atoms with Crippen LogP contribution in [0.25, 0.3) is 0 Å². The molecule has 2 fully saturated rings. The van der Waals surface area contributed by atoms with Gasteiger partial charge in [0.1, 0.15) is 0 Å². The van der Waals surface area contributed by atoms with Crippen molar-refractivity contribution in [2.24, 2.45) is 23.2 Å². The Labute approximate surface area is 105 Å². The fourth-order valence-electron chi connectivity index (χ4n) is 4.14. The Kier molecular flexibility index (Phi) is 3.79. The zero-order valence-corrected chi connectivity index (χ0v) is 11.2. The van der Waals surface area contributed by atoms with Gasteiger partial charge in [0, 0.05) is 6.42 Å². The van der Waals surface area contributed by atoms with Crippen molar-refractivity contribution in [3.63, 3.8) is 0 Å². The molecule has 0 saturated heterocycles. The Bertz CT molecular complexity index is 287. The predicted molar refractivity (Wildman–Crippen MR) is 68.8 cm³/mol. The summed E-state index contributed by atoms with van der Waals surface area (Å²) in [6, 6.07) is 0. The summed E-state index contributed by atoms with van der Waals surface area (Å²) in [6.07, 6.45) is 9.53. The molecule has 1 N–H and O–H groups in total. The number of hydrogen-bond donors (Lipinski definition) is 1. The molecular weight excluding hydrogens is 212 g/mol. The molecule has 0 bridgehead atoms. The van der Waals surface area contributed by atoms with E-state index in [0.717, 1.165) is 18.3 Å². The van der Waals surface area contributed by atoms with Gasteiger partial charge in [-0.25, -0.2) is 0 Å². The van der Waals surface area contributed by atoms with Crippen LogP contribution in [0.2, 0.25) is 0 Å². The predicted octanol–water partition coefficient (Wildman–Crippen LogP) is 4.09. The Morgan fingerprint density at radius 2 is 2.18 bits per heavy atom. The van der Waals surface area contributed by atoms with Crippen LogP contribution in [0.1, 0.15) is 65.2 Å². The highest BCUT2D eigenvalue weighted by Gasteiger charge is 2.43. The van der Waals surface area contributed by atoms with Crippen molar-refractivity contribution >= 4 is 5.97 Å². The molecule has 0 aromatic rings. The lowest BCUT2D eigenvalue weighted by atomic mass is 9.63. The third-order valence-corrected chi connectivity index (χ3v) is 5.58. The maximum atomic E-state index is 10.6. The largest absolute Gasteiger partial charge is 0.481 e. The monoisotopic (exact) mass is 238 g/mol. The molecule has 2 heteroatoms. The molecule has 0 aromatic carbocycles. The highest BCUT2D eigenvalue weighted by atomic mass is 16.4. The summed E-state index contributed by atoms with van der Waals surface area (Å²) in [6.45, 7) is 4.73. The van der Waals surface area contributed by atoms with E-state index < -0.39 is 5.97 Å². The fraction of sp³-hybridized carbons (Fsp3) is 0.933. The van der Waals surface area contributed by atoms with Crippen LogP contribution in [0.5, 0.6) is 0 Å². The Balaban J connectivity index is 1.85. The van der Waals surface area contributed by atoms with Gasteiger partial charge in [-0.2, -0.15) is 0 Å². The van der Waals surface area contributed by atoms with Crippen molar-refractivity contribution in [1.29, 1.82) is 0 Å². The van der Waals surface area contributed by atoms with Gasteiger partial charge in [-0.05, 0) is 61.7 Å². The van der Waals surface area contributed by atoms with Crippen LogP contribution in [-0.4, -0.2) is 11.1 Å². The van der Waals surface area contributed by atoms with Crippen LogP contribution in [0.15, 0.2) is 0 Å². The minimum Gasteiger partial charge on any atom is -0.481 e. The number of carbonyl (C=O) groups is 1. The zero-order valence-electron chi connectivity index (χ0n) is 11.2. The van der Waals surface area contributed by atoms with Gasteiger partial charge in [0.15, 0.2) is 0 Å². The number of aliphatic carboxylic acids is 1. The second-order valence-corrected chi connectivity index (χ2v) is 6.69. The molecule has 0 heterocycles. The Morgan fingerprint density at radius 1 is 1.41 bits per heavy atom. The second kappa shape index (κ2) is 4.99. The van der Waals surface area contributed by atoms with Crippen molar-refractivity contribution in [1.82, 2.24) is 0 Å². The highest BCUT2D eigenvalue weighted by Crippen LogP contribution is 2.54. The number of rotatable bonds is 4. The normalized spacial score (nSPS) is 38.7. The second-order valence-electron chi connectivity index (χ2n) is 6.69. The molecule has 0 spiro atoms. The first-order valence-corrected chi connectivity index (χ1v) is 7.23. The van der Waals surface area contributed by atoms with Gasteiger partial charge in [-0.1, -0.05) is 20.3 Å². The Hall–Kier alpha value is -0.530. The molecule has 2 aliphatic rings. The molecule has 0 radical (unpaired) electrons. The number of fused-ring (bicyclic) bond motifs is 1. The van der Waals surface area contributed by atoms with Crippen molar-refractivity contribution in [3.05, 3.63) is 0 Å². The first-order chi connectivity index (χ1) is 8.01. The molecule has 2 nitrogen and oxygen atoms in total. The van der Waals surface area contributed by atoms with Crippen molar-refractivity contribution < 1.29 is 9.90 Å². The number of carboxylic acid groups (broad SMARTS) is 1. The first kappa shape index (κ1) is 12.9. The summed E-state index contributed by atoms with van der Waals surface area (Å²) < 4.78 is 0. The molecule has 0 aliphatic heterocycles. The molecule has 2 aliphatic carbocycles. The first-order valence-electron chi connectivity index (χ1n) is 7.23. The minimum atomic E-state index is -0.640. The highest BCUT2D eigenvalue weighted by molar-refractivity contribution is 5.66. The molecule has 2 saturated carbocycles. The van der Waals surface area contributed by atoms with Crippen LogP contribution >= 0.6 is 0 Å². The van der Waals surface area contributed by atoms with Crippen LogP contribution < -0.4 is 0 Å². The van der Waals surface area contributed by atoms with Gasteiger partial charge >= 0.3 is 5.97 Å². The van der Waals surface area contributed by atoms with Crippen LogP contribution in [0, 0.1) is 23.2 Å². The SMILES string of the molecule is C[C@@H](CCC(=O)O)C1CC[C@]2(C)CCCC2C1. The quantitative estimate of drug-likeness (QED) is 0.800. The van der Waals surface area contributed by atoms with Gasteiger partial charge in [0.2, 0.25) is 0 Å². The van der Waals surface area contributed by atoms with E-state index in [-0.39, 0.29) is 0 Å². The fourth-order valence-corrected chi connectivity index (χ4v) is 4.14. The van der Waals surface area contributed by atoms with E-state index in [2.05, 4.69) is 13.8 Å². The maximum Gasteiger partial charge on any atom is 0.303 e. The molecular formula is C15H26O2. The van der Waals surface area contributed by atoms with E-state index in [1.807, 2.05) is 0 Å². The lowest BCUT2D eigenvalue weighted by molar-refractivity contribution is -0.137. The summed E-state index contributed by atoms with van der Waals surface area (Å²) in [5.41, 5.74) is 0.628. The standard InChI is InChI=1S/C15H26O2/c1-11(5-6-14(16)17)12-7-9-15(2)8-3-4-13(15)10-12/h11-13H,3-10H2,1-2H3,(H,16,17)/t11-,12?,13?,15-/m0/s1. The van der Waals surface area contributed by atoms with Crippen LogP contribution in [-0.2, 0) is 4.79 Å². The molecule has 0 aromatic heterocycles.